The monoisotopic (exact) mass is 348 g/mol. The first-order valence-corrected chi connectivity index (χ1v) is 8.99. The summed E-state index contributed by atoms with van der Waals surface area (Å²) < 4.78 is 27.5. The van der Waals surface area contributed by atoms with Crippen molar-refractivity contribution in [2.24, 2.45) is 5.14 Å². The van der Waals surface area contributed by atoms with E-state index < -0.39 is 10.0 Å². The number of rotatable bonds is 7. The van der Waals surface area contributed by atoms with Crippen molar-refractivity contribution in [2.75, 3.05) is 13.7 Å². The molecule has 0 bridgehead atoms. The Morgan fingerprint density at radius 3 is 2.50 bits per heavy atom. The molecule has 0 aromatic heterocycles. The number of carbonyl (C=O) groups is 1. The van der Waals surface area contributed by atoms with Gasteiger partial charge in [0.05, 0.1) is 12.0 Å². The van der Waals surface area contributed by atoms with Gasteiger partial charge in [-0.25, -0.2) is 13.6 Å². The number of primary sulfonamides is 1. The highest BCUT2D eigenvalue weighted by molar-refractivity contribution is 7.89. The number of sulfonamides is 1. The number of aryl methyl sites for hydroxylation is 1. The van der Waals surface area contributed by atoms with Gasteiger partial charge in [-0.2, -0.15) is 0 Å². The summed E-state index contributed by atoms with van der Waals surface area (Å²) in [5.74, 6) is 0.482. The Bertz CT molecular complexity index is 802. The molecule has 0 spiro atoms. The molecule has 0 aliphatic carbocycles. The molecule has 0 saturated carbocycles. The lowest BCUT2D eigenvalue weighted by Crippen LogP contribution is -2.24. The molecule has 3 N–H and O–H groups in total. The Balaban J connectivity index is 1.81. The van der Waals surface area contributed by atoms with Crippen molar-refractivity contribution in [1.29, 1.82) is 0 Å². The zero-order valence-corrected chi connectivity index (χ0v) is 14.2. The van der Waals surface area contributed by atoms with Crippen LogP contribution in [0, 0.1) is 0 Å². The van der Waals surface area contributed by atoms with Crippen LogP contribution in [-0.2, 0) is 16.4 Å². The predicted octanol–water partition coefficient (Wildman–Crippen LogP) is 1.71. The highest BCUT2D eigenvalue weighted by Gasteiger charge is 2.07. The maximum atomic E-state index is 12.0. The van der Waals surface area contributed by atoms with Crippen LogP contribution in [0.1, 0.15) is 22.3 Å². The topological polar surface area (TPSA) is 98.5 Å². The molecular weight excluding hydrogens is 328 g/mol. The quantitative estimate of drug-likeness (QED) is 0.744. The van der Waals surface area contributed by atoms with E-state index in [1.807, 2.05) is 0 Å². The highest BCUT2D eigenvalue weighted by atomic mass is 32.2. The maximum absolute atomic E-state index is 12.0. The number of carbonyl (C=O) groups excluding carboxylic acids is 1. The lowest BCUT2D eigenvalue weighted by atomic mass is 10.1. The number of nitrogens with one attached hydrogen (secondary N) is 1. The molecule has 0 fully saturated rings. The average Bonchev–Trinajstić information content (AvgIpc) is 2.58. The summed E-state index contributed by atoms with van der Waals surface area (Å²) in [5.41, 5.74) is 1.53. The molecule has 24 heavy (non-hydrogen) atoms. The highest BCUT2D eigenvalue weighted by Crippen LogP contribution is 2.13. The molecule has 0 aliphatic heterocycles. The van der Waals surface area contributed by atoms with E-state index in [2.05, 4.69) is 5.32 Å². The van der Waals surface area contributed by atoms with Gasteiger partial charge in [0.25, 0.3) is 5.91 Å². The first-order chi connectivity index (χ1) is 11.4. The van der Waals surface area contributed by atoms with Crippen LogP contribution in [0.2, 0.25) is 0 Å². The van der Waals surface area contributed by atoms with Crippen molar-refractivity contribution in [1.82, 2.24) is 5.32 Å². The Kier molecular flexibility index (Phi) is 5.94. The Labute approximate surface area is 141 Å². The van der Waals surface area contributed by atoms with Gasteiger partial charge in [-0.15, -0.1) is 0 Å². The summed E-state index contributed by atoms with van der Waals surface area (Å²) in [5, 5.41) is 7.90. The van der Waals surface area contributed by atoms with E-state index in [0.29, 0.717) is 17.9 Å². The van der Waals surface area contributed by atoms with Gasteiger partial charge >= 0.3 is 0 Å². The molecular formula is C17H20N2O4S. The summed E-state index contributed by atoms with van der Waals surface area (Å²) in [4.78, 5) is 12.1. The molecule has 1 amide bonds. The van der Waals surface area contributed by atoms with E-state index in [1.165, 1.54) is 12.1 Å². The van der Waals surface area contributed by atoms with Crippen molar-refractivity contribution < 1.29 is 17.9 Å². The molecule has 0 atom stereocenters. The molecule has 128 valence electrons. The molecule has 2 aromatic carbocycles. The van der Waals surface area contributed by atoms with Gasteiger partial charge in [-0.1, -0.05) is 18.2 Å². The zero-order valence-electron chi connectivity index (χ0n) is 13.4. The number of nitrogens with two attached hydrogens (primary N) is 1. The van der Waals surface area contributed by atoms with Crippen LogP contribution in [-0.4, -0.2) is 28.0 Å². The van der Waals surface area contributed by atoms with Gasteiger partial charge in [0.1, 0.15) is 5.75 Å². The third kappa shape index (κ3) is 5.07. The molecule has 7 heteroatoms. The minimum atomic E-state index is -3.66. The fourth-order valence-corrected chi connectivity index (χ4v) is 2.72. The van der Waals surface area contributed by atoms with Crippen LogP contribution in [0.4, 0.5) is 0 Å². The van der Waals surface area contributed by atoms with E-state index in [9.17, 15) is 13.2 Å². The molecule has 0 heterocycles. The summed E-state index contributed by atoms with van der Waals surface area (Å²) in [6.45, 7) is 0.521. The fourth-order valence-electron chi connectivity index (χ4n) is 2.21. The lowest BCUT2D eigenvalue weighted by molar-refractivity contribution is 0.0953. The van der Waals surface area contributed by atoms with Crippen molar-refractivity contribution in [3.8, 4) is 5.75 Å². The van der Waals surface area contributed by atoms with Crippen molar-refractivity contribution in [3.05, 3.63) is 59.7 Å². The number of hydrogen-bond donors (Lipinski definition) is 2. The van der Waals surface area contributed by atoms with Gasteiger partial charge in [0.2, 0.25) is 10.0 Å². The molecule has 2 aromatic rings. The number of amides is 1. The summed E-state index contributed by atoms with van der Waals surface area (Å²) in [6.07, 6.45) is 1.47. The van der Waals surface area contributed by atoms with Crippen LogP contribution < -0.4 is 15.2 Å². The van der Waals surface area contributed by atoms with E-state index >= 15 is 0 Å². The van der Waals surface area contributed by atoms with Crippen LogP contribution in [0.3, 0.4) is 0 Å². The fraction of sp³-hybridized carbons (Fsp3) is 0.235. The van der Waals surface area contributed by atoms with Crippen LogP contribution in [0.25, 0.3) is 0 Å². The van der Waals surface area contributed by atoms with Crippen LogP contribution in [0.15, 0.2) is 53.4 Å². The van der Waals surface area contributed by atoms with Gasteiger partial charge in [-0.3, -0.25) is 4.79 Å². The van der Waals surface area contributed by atoms with Gasteiger partial charge in [-0.05, 0) is 48.7 Å². The normalized spacial score (nSPS) is 11.1. The van der Waals surface area contributed by atoms with E-state index in [-0.39, 0.29) is 10.8 Å². The number of methoxy groups -OCH3 is 1. The van der Waals surface area contributed by atoms with Gasteiger partial charge < -0.3 is 10.1 Å². The van der Waals surface area contributed by atoms with E-state index in [1.54, 1.807) is 43.5 Å². The van der Waals surface area contributed by atoms with E-state index in [4.69, 9.17) is 9.88 Å². The Morgan fingerprint density at radius 2 is 1.88 bits per heavy atom. The van der Waals surface area contributed by atoms with Crippen LogP contribution in [0.5, 0.6) is 5.75 Å². The molecule has 0 unspecified atom stereocenters. The van der Waals surface area contributed by atoms with Crippen molar-refractivity contribution >= 4 is 15.9 Å². The number of hydrogen-bond acceptors (Lipinski definition) is 4. The SMILES string of the molecule is COc1cccc(C(=O)NCCCc2ccc(S(N)(=O)=O)cc2)c1. The molecule has 2 rings (SSSR count). The van der Waals surface area contributed by atoms with Crippen molar-refractivity contribution in [3.63, 3.8) is 0 Å². The molecule has 6 nitrogen and oxygen atoms in total. The second-order valence-corrected chi connectivity index (χ2v) is 6.84. The minimum absolute atomic E-state index is 0.0950. The first-order valence-electron chi connectivity index (χ1n) is 7.44. The second-order valence-electron chi connectivity index (χ2n) is 5.28. The van der Waals surface area contributed by atoms with Crippen molar-refractivity contribution in [2.45, 2.75) is 17.7 Å². The lowest BCUT2D eigenvalue weighted by Gasteiger charge is -2.07. The molecule has 0 saturated heterocycles. The van der Waals surface area contributed by atoms with Gasteiger partial charge in [0.15, 0.2) is 0 Å². The predicted molar refractivity (Wildman–Crippen MR) is 91.5 cm³/mol. The maximum Gasteiger partial charge on any atom is 0.251 e. The Morgan fingerprint density at radius 1 is 1.17 bits per heavy atom. The first kappa shape index (κ1) is 18.0. The summed E-state index contributed by atoms with van der Waals surface area (Å²) in [6, 6.07) is 13.4. The number of benzene rings is 2. The smallest absolute Gasteiger partial charge is 0.251 e. The third-order valence-corrected chi connectivity index (χ3v) is 4.44. The number of ether oxygens (including phenoxy) is 1. The van der Waals surface area contributed by atoms with Crippen LogP contribution >= 0.6 is 0 Å². The second kappa shape index (κ2) is 7.94. The minimum Gasteiger partial charge on any atom is -0.497 e. The van der Waals surface area contributed by atoms with Gasteiger partial charge in [0, 0.05) is 12.1 Å². The third-order valence-electron chi connectivity index (χ3n) is 3.51. The van der Waals surface area contributed by atoms with E-state index in [0.717, 1.165) is 18.4 Å². The summed E-state index contributed by atoms with van der Waals surface area (Å²) in [7, 11) is -2.11. The zero-order chi connectivity index (χ0) is 17.6. The largest absolute Gasteiger partial charge is 0.497 e. The molecule has 0 radical (unpaired) electrons. The Hall–Kier alpha value is -2.38. The average molecular weight is 348 g/mol. The molecule has 0 aliphatic rings. The standard InChI is InChI=1S/C17H20N2O4S/c1-23-15-6-2-5-14(12-15)17(20)19-11-3-4-13-7-9-16(10-8-13)24(18,21)22/h2,5-10,12H,3-4,11H2,1H3,(H,19,20)(H2,18,21,22). The summed E-state index contributed by atoms with van der Waals surface area (Å²) >= 11 is 0.